The number of halogens is 2. The SMILES string of the molecule is CCC1CC(C(=O)O)C(C(=O)Nc2ccc(Cl)cc2F)C1. The highest BCUT2D eigenvalue weighted by molar-refractivity contribution is 6.30. The van der Waals surface area contributed by atoms with Crippen LogP contribution in [0.3, 0.4) is 0 Å². The molecule has 114 valence electrons. The molecule has 0 radical (unpaired) electrons. The van der Waals surface area contributed by atoms with Crippen LogP contribution in [-0.2, 0) is 9.59 Å². The minimum absolute atomic E-state index is 0.0217. The maximum absolute atomic E-state index is 13.7. The van der Waals surface area contributed by atoms with Gasteiger partial charge in [0.05, 0.1) is 17.5 Å². The molecule has 4 nitrogen and oxygen atoms in total. The normalized spacial score (nSPS) is 24.8. The molecule has 1 aliphatic carbocycles. The van der Waals surface area contributed by atoms with E-state index in [1.54, 1.807) is 0 Å². The number of amides is 1. The molecule has 21 heavy (non-hydrogen) atoms. The predicted molar refractivity (Wildman–Crippen MR) is 77.7 cm³/mol. The van der Waals surface area contributed by atoms with Crippen LogP contribution in [0.2, 0.25) is 5.02 Å². The molecule has 0 aromatic heterocycles. The van der Waals surface area contributed by atoms with E-state index in [9.17, 15) is 19.1 Å². The van der Waals surface area contributed by atoms with E-state index >= 15 is 0 Å². The first-order chi connectivity index (χ1) is 9.92. The monoisotopic (exact) mass is 313 g/mol. The van der Waals surface area contributed by atoms with Crippen LogP contribution in [0.5, 0.6) is 0 Å². The third-order valence-corrected chi connectivity index (χ3v) is 4.32. The van der Waals surface area contributed by atoms with Crippen LogP contribution in [0.15, 0.2) is 18.2 Å². The average Bonchev–Trinajstić information content (AvgIpc) is 2.86. The summed E-state index contributed by atoms with van der Waals surface area (Å²) >= 11 is 5.65. The maximum atomic E-state index is 13.7. The molecule has 3 unspecified atom stereocenters. The first kappa shape index (κ1) is 15.8. The van der Waals surface area contributed by atoms with E-state index in [2.05, 4.69) is 5.32 Å². The molecule has 2 rings (SSSR count). The number of benzene rings is 1. The summed E-state index contributed by atoms with van der Waals surface area (Å²) < 4.78 is 13.7. The van der Waals surface area contributed by atoms with Gasteiger partial charge in [0.25, 0.3) is 0 Å². The van der Waals surface area contributed by atoms with E-state index in [-0.39, 0.29) is 16.6 Å². The Morgan fingerprint density at radius 1 is 1.38 bits per heavy atom. The van der Waals surface area contributed by atoms with Crippen LogP contribution in [0.4, 0.5) is 10.1 Å². The van der Waals surface area contributed by atoms with E-state index in [0.29, 0.717) is 12.8 Å². The highest BCUT2D eigenvalue weighted by atomic mass is 35.5. The quantitative estimate of drug-likeness (QED) is 0.893. The van der Waals surface area contributed by atoms with Gasteiger partial charge in [-0.1, -0.05) is 24.9 Å². The fourth-order valence-corrected chi connectivity index (χ4v) is 3.01. The number of hydrogen-bond acceptors (Lipinski definition) is 2. The Bertz CT molecular complexity index is 564. The molecular formula is C15H17ClFNO3. The molecule has 1 aliphatic rings. The van der Waals surface area contributed by atoms with Crippen molar-refractivity contribution >= 4 is 29.2 Å². The van der Waals surface area contributed by atoms with Crippen molar-refractivity contribution in [3.8, 4) is 0 Å². The van der Waals surface area contributed by atoms with Crippen LogP contribution in [0.25, 0.3) is 0 Å². The van der Waals surface area contributed by atoms with Gasteiger partial charge in [-0.25, -0.2) is 4.39 Å². The van der Waals surface area contributed by atoms with Crippen molar-refractivity contribution < 1.29 is 19.1 Å². The fraction of sp³-hybridized carbons (Fsp3) is 0.467. The second-order valence-corrected chi connectivity index (χ2v) is 5.85. The molecule has 1 aromatic carbocycles. The third kappa shape index (κ3) is 3.53. The van der Waals surface area contributed by atoms with Gasteiger partial charge in [-0.05, 0) is 37.0 Å². The molecule has 1 aromatic rings. The van der Waals surface area contributed by atoms with Crippen molar-refractivity contribution in [3.63, 3.8) is 0 Å². The van der Waals surface area contributed by atoms with Crippen LogP contribution in [-0.4, -0.2) is 17.0 Å². The van der Waals surface area contributed by atoms with Crippen molar-refractivity contribution in [2.24, 2.45) is 17.8 Å². The van der Waals surface area contributed by atoms with Crippen molar-refractivity contribution in [1.82, 2.24) is 0 Å². The van der Waals surface area contributed by atoms with Crippen molar-refractivity contribution in [2.45, 2.75) is 26.2 Å². The molecule has 0 saturated heterocycles. The van der Waals surface area contributed by atoms with E-state index < -0.39 is 29.5 Å². The maximum Gasteiger partial charge on any atom is 0.307 e. The van der Waals surface area contributed by atoms with Crippen LogP contribution < -0.4 is 5.32 Å². The molecule has 0 heterocycles. The Kier molecular flexibility index (Phi) is 4.83. The van der Waals surface area contributed by atoms with Crippen LogP contribution in [0.1, 0.15) is 26.2 Å². The summed E-state index contributed by atoms with van der Waals surface area (Å²) in [6, 6.07) is 3.95. The lowest BCUT2D eigenvalue weighted by atomic mass is 9.95. The summed E-state index contributed by atoms with van der Waals surface area (Å²) in [7, 11) is 0. The number of anilines is 1. The smallest absolute Gasteiger partial charge is 0.307 e. The van der Waals surface area contributed by atoms with Gasteiger partial charge >= 0.3 is 5.97 Å². The Hall–Kier alpha value is -1.62. The number of carbonyl (C=O) groups excluding carboxylic acids is 1. The zero-order valence-electron chi connectivity index (χ0n) is 11.6. The second kappa shape index (κ2) is 6.43. The van der Waals surface area contributed by atoms with Crippen molar-refractivity contribution in [1.29, 1.82) is 0 Å². The summed E-state index contributed by atoms with van der Waals surface area (Å²) in [6.07, 6.45) is 1.85. The first-order valence-corrected chi connectivity index (χ1v) is 7.28. The van der Waals surface area contributed by atoms with Crippen LogP contribution in [0, 0.1) is 23.6 Å². The largest absolute Gasteiger partial charge is 0.481 e. The number of carboxylic acids is 1. The van der Waals surface area contributed by atoms with Gasteiger partial charge in [0.1, 0.15) is 5.82 Å². The zero-order chi connectivity index (χ0) is 15.6. The minimum Gasteiger partial charge on any atom is -0.481 e. The average molecular weight is 314 g/mol. The Labute approximate surface area is 127 Å². The lowest BCUT2D eigenvalue weighted by Crippen LogP contribution is -2.30. The highest BCUT2D eigenvalue weighted by Gasteiger charge is 2.42. The van der Waals surface area contributed by atoms with Gasteiger partial charge in [-0.3, -0.25) is 9.59 Å². The number of rotatable bonds is 4. The molecule has 3 atom stereocenters. The fourth-order valence-electron chi connectivity index (χ4n) is 2.86. The molecule has 0 spiro atoms. The minimum atomic E-state index is -0.970. The zero-order valence-corrected chi connectivity index (χ0v) is 12.4. The summed E-state index contributed by atoms with van der Waals surface area (Å²) in [6.45, 7) is 1.97. The third-order valence-electron chi connectivity index (χ3n) is 4.08. The molecule has 0 bridgehead atoms. The molecule has 2 N–H and O–H groups in total. The van der Waals surface area contributed by atoms with Gasteiger partial charge in [0.2, 0.25) is 5.91 Å². The van der Waals surface area contributed by atoms with E-state index in [1.807, 2.05) is 6.92 Å². The highest BCUT2D eigenvalue weighted by Crippen LogP contribution is 2.39. The van der Waals surface area contributed by atoms with Gasteiger partial charge in [0, 0.05) is 5.02 Å². The van der Waals surface area contributed by atoms with Gasteiger partial charge in [-0.15, -0.1) is 0 Å². The second-order valence-electron chi connectivity index (χ2n) is 5.41. The topological polar surface area (TPSA) is 66.4 Å². The molecule has 1 fully saturated rings. The summed E-state index contributed by atoms with van der Waals surface area (Å²) in [5.41, 5.74) is 0.0217. The standard InChI is InChI=1S/C15H17ClFNO3/c1-2-8-5-10(11(6-8)15(20)21)14(19)18-13-4-3-9(16)7-12(13)17/h3-4,7-8,10-11H,2,5-6H2,1H3,(H,18,19)(H,20,21). The summed E-state index contributed by atoms with van der Waals surface area (Å²) in [4.78, 5) is 23.5. The lowest BCUT2D eigenvalue weighted by molar-refractivity contribution is -0.145. The summed E-state index contributed by atoms with van der Waals surface area (Å²) in [5, 5.41) is 11.9. The van der Waals surface area contributed by atoms with Crippen molar-refractivity contribution in [2.75, 3.05) is 5.32 Å². The molecule has 1 amide bonds. The molecular weight excluding hydrogens is 297 g/mol. The number of aliphatic carboxylic acids is 1. The number of nitrogens with one attached hydrogen (secondary N) is 1. The van der Waals surface area contributed by atoms with Gasteiger partial charge < -0.3 is 10.4 Å². The molecule has 1 saturated carbocycles. The van der Waals surface area contributed by atoms with E-state index in [1.165, 1.54) is 12.1 Å². The van der Waals surface area contributed by atoms with E-state index in [0.717, 1.165) is 12.5 Å². The number of carbonyl (C=O) groups is 2. The van der Waals surface area contributed by atoms with Gasteiger partial charge in [0.15, 0.2) is 0 Å². The Morgan fingerprint density at radius 2 is 2.05 bits per heavy atom. The first-order valence-electron chi connectivity index (χ1n) is 6.91. The Balaban J connectivity index is 2.13. The number of hydrogen-bond donors (Lipinski definition) is 2. The summed E-state index contributed by atoms with van der Waals surface area (Å²) in [5.74, 6) is -3.15. The predicted octanol–water partition coefficient (Wildman–Crippen LogP) is 3.55. The lowest BCUT2D eigenvalue weighted by Gasteiger charge is -2.16. The molecule has 6 heteroatoms. The van der Waals surface area contributed by atoms with Gasteiger partial charge in [-0.2, -0.15) is 0 Å². The number of carboxylic acid groups (broad SMARTS) is 1. The van der Waals surface area contributed by atoms with E-state index in [4.69, 9.17) is 11.6 Å². The van der Waals surface area contributed by atoms with Crippen molar-refractivity contribution in [3.05, 3.63) is 29.0 Å². The Morgan fingerprint density at radius 3 is 2.62 bits per heavy atom. The molecule has 0 aliphatic heterocycles. The van der Waals surface area contributed by atoms with Crippen LogP contribution >= 0.6 is 11.6 Å².